The molecule has 138 valence electrons. The second kappa shape index (κ2) is 8.35. The molecule has 0 bridgehead atoms. The van der Waals surface area contributed by atoms with Crippen LogP contribution in [0.25, 0.3) is 0 Å². The molecule has 0 saturated carbocycles. The number of ether oxygens (including phenoxy) is 2. The predicted octanol–water partition coefficient (Wildman–Crippen LogP) is 1.23. The molecule has 0 aromatic heterocycles. The minimum Gasteiger partial charge on any atom is -0.382 e. The number of morpholine rings is 1. The molecule has 1 heterocycles. The second-order valence-electron chi connectivity index (χ2n) is 6.07. The molecule has 0 radical (unpaired) electrons. The molecule has 2 amide bonds. The number of rotatable bonds is 6. The number of carbonyl (C=O) groups excluding carboxylic acids is 2. The summed E-state index contributed by atoms with van der Waals surface area (Å²) in [6.45, 7) is 2.44. The minimum atomic E-state index is -0.980. The van der Waals surface area contributed by atoms with Crippen molar-refractivity contribution in [2.24, 2.45) is 0 Å². The number of benzene rings is 1. The van der Waals surface area contributed by atoms with Crippen LogP contribution in [0.2, 0.25) is 0 Å². The van der Waals surface area contributed by atoms with Crippen molar-refractivity contribution >= 4 is 11.8 Å². The maximum absolute atomic E-state index is 13.6. The van der Waals surface area contributed by atoms with Gasteiger partial charge in [0, 0.05) is 32.7 Å². The lowest BCUT2D eigenvalue weighted by Gasteiger charge is -2.41. The van der Waals surface area contributed by atoms with E-state index in [9.17, 15) is 18.4 Å². The lowest BCUT2D eigenvalue weighted by atomic mass is 9.97. The summed E-state index contributed by atoms with van der Waals surface area (Å²) in [6, 6.07) is 3.79. The Hall–Kier alpha value is -2.06. The Morgan fingerprint density at radius 1 is 1.40 bits per heavy atom. The van der Waals surface area contributed by atoms with Crippen LogP contribution in [-0.4, -0.2) is 55.7 Å². The van der Waals surface area contributed by atoms with Crippen LogP contribution < -0.4 is 5.32 Å². The third kappa shape index (κ3) is 4.96. The Kier molecular flexibility index (Phi) is 6.44. The topological polar surface area (TPSA) is 67.9 Å². The number of hydrogen-bond acceptors (Lipinski definition) is 4. The van der Waals surface area contributed by atoms with Gasteiger partial charge in [-0.1, -0.05) is 12.1 Å². The van der Waals surface area contributed by atoms with Crippen molar-refractivity contribution in [2.75, 3.05) is 33.4 Å². The van der Waals surface area contributed by atoms with Gasteiger partial charge >= 0.3 is 0 Å². The summed E-state index contributed by atoms with van der Waals surface area (Å²) >= 11 is 0. The zero-order valence-corrected chi connectivity index (χ0v) is 14.3. The van der Waals surface area contributed by atoms with Crippen LogP contribution in [0.1, 0.15) is 18.9 Å². The van der Waals surface area contributed by atoms with E-state index in [0.29, 0.717) is 13.2 Å². The highest BCUT2D eigenvalue weighted by Crippen LogP contribution is 2.23. The zero-order valence-electron chi connectivity index (χ0n) is 14.3. The molecule has 1 N–H and O–H groups in total. The Morgan fingerprint density at radius 3 is 2.84 bits per heavy atom. The van der Waals surface area contributed by atoms with E-state index in [4.69, 9.17) is 9.47 Å². The van der Waals surface area contributed by atoms with Crippen LogP contribution in [0.15, 0.2) is 18.2 Å². The number of hydrogen-bond donors (Lipinski definition) is 1. The van der Waals surface area contributed by atoms with Crippen LogP contribution in [0.5, 0.6) is 0 Å². The van der Waals surface area contributed by atoms with Crippen molar-refractivity contribution in [3.8, 4) is 0 Å². The first-order chi connectivity index (χ1) is 11.9. The van der Waals surface area contributed by atoms with Crippen LogP contribution in [0, 0.1) is 11.6 Å². The summed E-state index contributed by atoms with van der Waals surface area (Å²) in [5.41, 5.74) is -0.896. The minimum absolute atomic E-state index is 0.0540. The molecule has 25 heavy (non-hydrogen) atoms. The molecule has 0 spiro atoms. The summed E-state index contributed by atoms with van der Waals surface area (Å²) in [6.07, 6.45) is -0.0540. The van der Waals surface area contributed by atoms with Crippen LogP contribution in [0.4, 0.5) is 8.78 Å². The number of nitrogens with one attached hydrogen (secondary N) is 1. The molecular weight excluding hydrogens is 334 g/mol. The standard InChI is InChI=1S/C17H22F2N2O4/c1-12(22)21-6-7-25-17(10-21,11-24-2)8-15(23)20-9-13-4-3-5-14(18)16(13)19/h3-5H,6-11H2,1-2H3,(H,20,23)/t17-/m0/s1. The molecule has 1 aromatic carbocycles. The van der Waals surface area contributed by atoms with Gasteiger partial charge in [-0.3, -0.25) is 9.59 Å². The van der Waals surface area contributed by atoms with Gasteiger partial charge in [0.05, 0.1) is 26.2 Å². The van der Waals surface area contributed by atoms with Crippen molar-refractivity contribution in [2.45, 2.75) is 25.5 Å². The maximum Gasteiger partial charge on any atom is 0.223 e. The lowest BCUT2D eigenvalue weighted by molar-refractivity contribution is -0.165. The molecule has 1 fully saturated rings. The normalized spacial score (nSPS) is 20.4. The van der Waals surface area contributed by atoms with E-state index in [1.807, 2.05) is 0 Å². The SMILES string of the molecule is COC[C@]1(CC(=O)NCc2cccc(F)c2F)CN(C(C)=O)CCO1. The maximum atomic E-state index is 13.6. The van der Waals surface area contributed by atoms with E-state index in [2.05, 4.69) is 5.32 Å². The van der Waals surface area contributed by atoms with E-state index < -0.39 is 23.1 Å². The van der Waals surface area contributed by atoms with Crippen LogP contribution >= 0.6 is 0 Å². The fourth-order valence-electron chi connectivity index (χ4n) is 2.86. The van der Waals surface area contributed by atoms with Crippen molar-refractivity contribution < 1.29 is 27.8 Å². The van der Waals surface area contributed by atoms with E-state index in [1.54, 1.807) is 4.90 Å². The third-order valence-electron chi connectivity index (χ3n) is 4.09. The summed E-state index contributed by atoms with van der Waals surface area (Å²) in [7, 11) is 1.48. The van der Waals surface area contributed by atoms with Gasteiger partial charge in [0.1, 0.15) is 5.60 Å². The summed E-state index contributed by atoms with van der Waals surface area (Å²) in [5, 5.41) is 2.56. The first kappa shape index (κ1) is 19.3. The second-order valence-corrected chi connectivity index (χ2v) is 6.07. The largest absolute Gasteiger partial charge is 0.382 e. The van der Waals surface area contributed by atoms with Gasteiger partial charge in [-0.15, -0.1) is 0 Å². The van der Waals surface area contributed by atoms with Crippen molar-refractivity contribution in [3.63, 3.8) is 0 Å². The van der Waals surface area contributed by atoms with Gasteiger partial charge in [0.15, 0.2) is 11.6 Å². The Labute approximate surface area is 145 Å². The molecule has 2 rings (SSSR count). The van der Waals surface area contributed by atoms with Gasteiger partial charge in [0.2, 0.25) is 11.8 Å². The molecule has 0 unspecified atom stereocenters. The van der Waals surface area contributed by atoms with Crippen LogP contribution in [-0.2, 0) is 25.6 Å². The molecule has 1 aromatic rings. The van der Waals surface area contributed by atoms with Crippen molar-refractivity contribution in [1.82, 2.24) is 10.2 Å². The van der Waals surface area contributed by atoms with Gasteiger partial charge in [0.25, 0.3) is 0 Å². The molecular formula is C17H22F2N2O4. The highest BCUT2D eigenvalue weighted by atomic mass is 19.2. The van der Waals surface area contributed by atoms with Crippen molar-refractivity contribution in [3.05, 3.63) is 35.4 Å². The molecule has 1 aliphatic heterocycles. The summed E-state index contributed by atoms with van der Waals surface area (Å²) < 4.78 is 37.7. The molecule has 1 atom stereocenters. The zero-order chi connectivity index (χ0) is 18.4. The smallest absolute Gasteiger partial charge is 0.223 e. The van der Waals surface area contributed by atoms with E-state index in [1.165, 1.54) is 26.2 Å². The van der Waals surface area contributed by atoms with E-state index in [-0.39, 0.29) is 37.6 Å². The lowest BCUT2D eigenvalue weighted by Crippen LogP contribution is -2.57. The molecule has 6 nitrogen and oxygen atoms in total. The van der Waals surface area contributed by atoms with Gasteiger partial charge in [-0.05, 0) is 6.07 Å². The number of carbonyl (C=O) groups is 2. The van der Waals surface area contributed by atoms with E-state index in [0.717, 1.165) is 6.07 Å². The average Bonchev–Trinajstić information content (AvgIpc) is 2.56. The number of halogens is 2. The Balaban J connectivity index is 2.00. The van der Waals surface area contributed by atoms with Crippen LogP contribution in [0.3, 0.4) is 0 Å². The van der Waals surface area contributed by atoms with Crippen molar-refractivity contribution in [1.29, 1.82) is 0 Å². The third-order valence-corrected chi connectivity index (χ3v) is 4.09. The molecule has 0 aliphatic carbocycles. The monoisotopic (exact) mass is 356 g/mol. The number of methoxy groups -OCH3 is 1. The van der Waals surface area contributed by atoms with E-state index >= 15 is 0 Å². The first-order valence-corrected chi connectivity index (χ1v) is 7.95. The molecule has 8 heteroatoms. The quantitative estimate of drug-likeness (QED) is 0.833. The molecule has 1 aliphatic rings. The number of nitrogens with zero attached hydrogens (tertiary/aromatic N) is 1. The Morgan fingerprint density at radius 2 is 2.16 bits per heavy atom. The average molecular weight is 356 g/mol. The first-order valence-electron chi connectivity index (χ1n) is 7.95. The van der Waals surface area contributed by atoms with Gasteiger partial charge < -0.3 is 19.7 Å². The Bertz CT molecular complexity index is 637. The fourth-order valence-corrected chi connectivity index (χ4v) is 2.86. The van der Waals surface area contributed by atoms with Gasteiger partial charge in [-0.25, -0.2) is 8.78 Å². The van der Waals surface area contributed by atoms with Gasteiger partial charge in [-0.2, -0.15) is 0 Å². The highest BCUT2D eigenvalue weighted by Gasteiger charge is 2.39. The summed E-state index contributed by atoms with van der Waals surface area (Å²) in [5.74, 6) is -2.45. The molecule has 1 saturated heterocycles. The highest BCUT2D eigenvalue weighted by molar-refractivity contribution is 5.78. The predicted molar refractivity (Wildman–Crippen MR) is 85.6 cm³/mol. The summed E-state index contributed by atoms with van der Waals surface area (Å²) in [4.78, 5) is 25.5. The fraction of sp³-hybridized carbons (Fsp3) is 0.529. The number of amides is 2.